The Kier molecular flexibility index (Phi) is 6.08. The normalized spacial score (nSPS) is 13.6. The molecule has 30 heavy (non-hydrogen) atoms. The molecule has 0 atom stereocenters. The summed E-state index contributed by atoms with van der Waals surface area (Å²) in [6.45, 7) is 1.41. The number of carbonyl (C=O) groups excluding carboxylic acids is 1. The second-order valence-electron chi connectivity index (χ2n) is 7.06. The molecule has 1 amide bonds. The molecule has 7 nitrogen and oxygen atoms in total. The zero-order valence-corrected chi connectivity index (χ0v) is 16.9. The third-order valence-corrected chi connectivity index (χ3v) is 4.93. The average molecular weight is 404 g/mol. The van der Waals surface area contributed by atoms with Gasteiger partial charge in [-0.15, -0.1) is 0 Å². The van der Waals surface area contributed by atoms with E-state index in [0.717, 1.165) is 36.3 Å². The van der Waals surface area contributed by atoms with Crippen molar-refractivity contribution in [2.75, 3.05) is 25.5 Å². The first-order valence-electron chi connectivity index (χ1n) is 10.0. The van der Waals surface area contributed by atoms with E-state index in [-0.39, 0.29) is 6.01 Å². The van der Waals surface area contributed by atoms with E-state index < -0.39 is 6.09 Å². The lowest BCUT2D eigenvalue weighted by molar-refractivity contribution is 0.139. The van der Waals surface area contributed by atoms with E-state index in [1.807, 2.05) is 60.7 Å². The zero-order valence-electron chi connectivity index (χ0n) is 16.9. The standard InChI is InChI=1S/C23H24N4O3/c1-29-19-12-10-18(11-13-19)24-21-16-20(17-8-4-2-5-9-17)25-22(26-21)30-23(28)27-14-6-3-7-15-27/h2,4-5,8-13,16H,3,6-7,14-15H2,1H3,(H,24,25,26). The highest BCUT2D eigenvalue weighted by Gasteiger charge is 2.20. The molecule has 0 bridgehead atoms. The molecule has 2 aromatic carbocycles. The fraction of sp³-hybridized carbons (Fsp3) is 0.261. The first kappa shape index (κ1) is 19.7. The van der Waals surface area contributed by atoms with Crippen molar-refractivity contribution >= 4 is 17.6 Å². The molecule has 2 heterocycles. The van der Waals surface area contributed by atoms with Crippen molar-refractivity contribution in [3.63, 3.8) is 0 Å². The van der Waals surface area contributed by atoms with Gasteiger partial charge in [0.2, 0.25) is 0 Å². The first-order valence-corrected chi connectivity index (χ1v) is 10.0. The number of methoxy groups -OCH3 is 1. The molecule has 154 valence electrons. The quantitative estimate of drug-likeness (QED) is 0.653. The number of aromatic nitrogens is 2. The highest BCUT2D eigenvalue weighted by molar-refractivity contribution is 5.71. The van der Waals surface area contributed by atoms with Gasteiger partial charge in [0.15, 0.2) is 0 Å². The van der Waals surface area contributed by atoms with Crippen molar-refractivity contribution in [3.05, 3.63) is 60.7 Å². The maximum Gasteiger partial charge on any atom is 0.417 e. The first-order chi connectivity index (χ1) is 14.7. The summed E-state index contributed by atoms with van der Waals surface area (Å²) in [6.07, 6.45) is 2.71. The van der Waals surface area contributed by atoms with Crippen molar-refractivity contribution in [3.8, 4) is 23.0 Å². The van der Waals surface area contributed by atoms with Crippen LogP contribution in [0.5, 0.6) is 11.8 Å². The lowest BCUT2D eigenvalue weighted by atomic mass is 10.1. The second kappa shape index (κ2) is 9.26. The van der Waals surface area contributed by atoms with Crippen LogP contribution in [0.2, 0.25) is 0 Å². The topological polar surface area (TPSA) is 76.6 Å². The molecule has 1 aromatic heterocycles. The Balaban J connectivity index is 1.61. The van der Waals surface area contributed by atoms with Gasteiger partial charge in [-0.2, -0.15) is 9.97 Å². The molecule has 1 aliphatic heterocycles. The molecule has 0 saturated carbocycles. The highest BCUT2D eigenvalue weighted by Crippen LogP contribution is 2.25. The molecule has 4 rings (SSSR count). The SMILES string of the molecule is COc1ccc(Nc2cc(-c3ccccc3)nc(OC(=O)N3CCCCC3)n2)cc1. The van der Waals surface area contributed by atoms with Crippen molar-refractivity contribution in [2.24, 2.45) is 0 Å². The molecule has 0 aliphatic carbocycles. The van der Waals surface area contributed by atoms with Crippen LogP contribution in [0.1, 0.15) is 19.3 Å². The van der Waals surface area contributed by atoms with E-state index >= 15 is 0 Å². The minimum absolute atomic E-state index is 0.0305. The third kappa shape index (κ3) is 4.86. The monoisotopic (exact) mass is 404 g/mol. The molecule has 1 saturated heterocycles. The molecule has 3 aromatic rings. The lowest BCUT2D eigenvalue weighted by Crippen LogP contribution is -2.37. The molecular formula is C23H24N4O3. The highest BCUT2D eigenvalue weighted by atomic mass is 16.6. The van der Waals surface area contributed by atoms with Crippen LogP contribution in [0.3, 0.4) is 0 Å². The number of benzene rings is 2. The summed E-state index contributed by atoms with van der Waals surface area (Å²) in [7, 11) is 1.63. The third-order valence-electron chi connectivity index (χ3n) is 4.93. The van der Waals surface area contributed by atoms with E-state index in [2.05, 4.69) is 15.3 Å². The van der Waals surface area contributed by atoms with E-state index in [4.69, 9.17) is 9.47 Å². The summed E-state index contributed by atoms with van der Waals surface area (Å²) in [6, 6.07) is 19.1. The average Bonchev–Trinajstić information content (AvgIpc) is 2.80. The Morgan fingerprint density at radius 1 is 0.967 bits per heavy atom. The zero-order chi connectivity index (χ0) is 20.8. The Hall–Kier alpha value is -3.61. The number of nitrogens with one attached hydrogen (secondary N) is 1. The van der Waals surface area contributed by atoms with Crippen molar-refractivity contribution in [2.45, 2.75) is 19.3 Å². The van der Waals surface area contributed by atoms with Crippen LogP contribution < -0.4 is 14.8 Å². The van der Waals surface area contributed by atoms with E-state index in [1.165, 1.54) is 0 Å². The number of hydrogen-bond acceptors (Lipinski definition) is 6. The smallest absolute Gasteiger partial charge is 0.417 e. The van der Waals surface area contributed by atoms with Crippen LogP contribution >= 0.6 is 0 Å². The fourth-order valence-corrected chi connectivity index (χ4v) is 3.33. The molecule has 7 heteroatoms. The summed E-state index contributed by atoms with van der Waals surface area (Å²) in [5, 5.41) is 3.25. The van der Waals surface area contributed by atoms with Gasteiger partial charge in [0.1, 0.15) is 11.6 Å². The van der Waals surface area contributed by atoms with Gasteiger partial charge in [-0.1, -0.05) is 30.3 Å². The molecule has 0 unspecified atom stereocenters. The van der Waals surface area contributed by atoms with Gasteiger partial charge in [-0.05, 0) is 43.5 Å². The Morgan fingerprint density at radius 3 is 2.40 bits per heavy atom. The minimum Gasteiger partial charge on any atom is -0.497 e. The number of likely N-dealkylation sites (tertiary alicyclic amines) is 1. The van der Waals surface area contributed by atoms with Crippen molar-refractivity contribution in [1.82, 2.24) is 14.9 Å². The lowest BCUT2D eigenvalue weighted by Gasteiger charge is -2.25. The summed E-state index contributed by atoms with van der Waals surface area (Å²) in [5.74, 6) is 1.31. The van der Waals surface area contributed by atoms with E-state index in [1.54, 1.807) is 12.0 Å². The van der Waals surface area contributed by atoms with Crippen LogP contribution in [-0.4, -0.2) is 41.2 Å². The van der Waals surface area contributed by atoms with Crippen LogP contribution in [0.25, 0.3) is 11.3 Å². The molecule has 1 fully saturated rings. The largest absolute Gasteiger partial charge is 0.497 e. The summed E-state index contributed by atoms with van der Waals surface area (Å²) in [4.78, 5) is 23.1. The van der Waals surface area contributed by atoms with Gasteiger partial charge < -0.3 is 19.7 Å². The van der Waals surface area contributed by atoms with Gasteiger partial charge >= 0.3 is 12.1 Å². The molecule has 0 radical (unpaired) electrons. The predicted molar refractivity (Wildman–Crippen MR) is 115 cm³/mol. The Labute approximate surface area is 175 Å². The number of amides is 1. The van der Waals surface area contributed by atoms with Gasteiger partial charge in [-0.3, -0.25) is 0 Å². The molecule has 1 aliphatic rings. The van der Waals surface area contributed by atoms with Gasteiger partial charge in [-0.25, -0.2) is 4.79 Å². The Bertz CT molecular complexity index is 987. The maximum absolute atomic E-state index is 12.5. The maximum atomic E-state index is 12.5. The number of piperidine rings is 1. The van der Waals surface area contributed by atoms with Gasteiger partial charge in [0, 0.05) is 30.4 Å². The second-order valence-corrected chi connectivity index (χ2v) is 7.06. The number of rotatable bonds is 5. The minimum atomic E-state index is -0.407. The summed E-state index contributed by atoms with van der Waals surface area (Å²) >= 11 is 0. The van der Waals surface area contributed by atoms with Crippen LogP contribution in [-0.2, 0) is 0 Å². The van der Waals surface area contributed by atoms with Crippen LogP contribution in [0.15, 0.2) is 60.7 Å². The van der Waals surface area contributed by atoms with Gasteiger partial charge in [0.05, 0.1) is 12.8 Å². The molecular weight excluding hydrogens is 380 g/mol. The number of ether oxygens (including phenoxy) is 2. The molecule has 1 N–H and O–H groups in total. The van der Waals surface area contributed by atoms with Crippen LogP contribution in [0.4, 0.5) is 16.3 Å². The van der Waals surface area contributed by atoms with Crippen LogP contribution in [0, 0.1) is 0 Å². The number of carbonyl (C=O) groups is 1. The number of hydrogen-bond donors (Lipinski definition) is 1. The van der Waals surface area contributed by atoms with Crippen molar-refractivity contribution < 1.29 is 14.3 Å². The number of anilines is 2. The Morgan fingerprint density at radius 2 is 1.70 bits per heavy atom. The van der Waals surface area contributed by atoms with Gasteiger partial charge in [0.25, 0.3) is 0 Å². The van der Waals surface area contributed by atoms with E-state index in [9.17, 15) is 4.79 Å². The summed E-state index contributed by atoms with van der Waals surface area (Å²) in [5.41, 5.74) is 2.41. The number of nitrogens with zero attached hydrogens (tertiary/aromatic N) is 3. The van der Waals surface area contributed by atoms with E-state index in [0.29, 0.717) is 24.6 Å². The summed E-state index contributed by atoms with van der Waals surface area (Å²) < 4.78 is 10.7. The predicted octanol–water partition coefficient (Wildman–Crippen LogP) is 4.88. The fourth-order valence-electron chi connectivity index (χ4n) is 3.33. The molecule has 0 spiro atoms. The van der Waals surface area contributed by atoms with Crippen molar-refractivity contribution in [1.29, 1.82) is 0 Å².